The van der Waals surface area contributed by atoms with Gasteiger partial charge in [0.15, 0.2) is 0 Å². The summed E-state index contributed by atoms with van der Waals surface area (Å²) in [4.78, 5) is 14.7. The van der Waals surface area contributed by atoms with E-state index in [-0.39, 0.29) is 5.97 Å². The van der Waals surface area contributed by atoms with Crippen molar-refractivity contribution in [1.82, 2.24) is 9.47 Å². The number of rotatable bonds is 9. The van der Waals surface area contributed by atoms with Gasteiger partial charge in [-0.3, -0.25) is 9.69 Å². The lowest BCUT2D eigenvalue weighted by Crippen LogP contribution is -2.33. The zero-order valence-corrected chi connectivity index (χ0v) is 17.0. The highest BCUT2D eigenvalue weighted by Gasteiger charge is 2.31. The molecule has 1 aromatic heterocycles. The van der Waals surface area contributed by atoms with Crippen LogP contribution in [-0.4, -0.2) is 28.0 Å². The van der Waals surface area contributed by atoms with Crippen molar-refractivity contribution in [2.45, 2.75) is 45.5 Å². The van der Waals surface area contributed by atoms with E-state index >= 15 is 0 Å². The minimum absolute atomic E-state index is 0.155. The maximum absolute atomic E-state index is 12.4. The highest BCUT2D eigenvalue weighted by atomic mass is 16.5. The maximum Gasteiger partial charge on any atom is 0.320 e. The number of esters is 1. The van der Waals surface area contributed by atoms with Crippen LogP contribution >= 0.6 is 0 Å². The summed E-state index contributed by atoms with van der Waals surface area (Å²) in [6.45, 7) is 4.41. The van der Waals surface area contributed by atoms with Crippen LogP contribution in [0.1, 0.15) is 35.2 Å². The number of carbonyl (C=O) groups is 1. The molecular formula is C25H28N2O2. The molecule has 0 unspecified atom stereocenters. The van der Waals surface area contributed by atoms with E-state index in [0.29, 0.717) is 19.2 Å². The average molecular weight is 389 g/mol. The van der Waals surface area contributed by atoms with Gasteiger partial charge in [-0.2, -0.15) is 0 Å². The average Bonchev–Trinajstić information content (AvgIpc) is 3.49. The Morgan fingerprint density at radius 1 is 1.03 bits per heavy atom. The fraction of sp³-hybridized carbons (Fsp3) is 0.320. The first kappa shape index (κ1) is 19.5. The Morgan fingerprint density at radius 3 is 2.59 bits per heavy atom. The summed E-state index contributed by atoms with van der Waals surface area (Å²) >= 11 is 0. The Hall–Kier alpha value is -2.85. The van der Waals surface area contributed by atoms with Crippen molar-refractivity contribution in [1.29, 1.82) is 0 Å². The molecule has 2 aromatic carbocycles. The Labute approximate surface area is 172 Å². The molecule has 0 aliphatic heterocycles. The monoisotopic (exact) mass is 388 g/mol. The van der Waals surface area contributed by atoms with E-state index in [2.05, 4.69) is 59.0 Å². The summed E-state index contributed by atoms with van der Waals surface area (Å²) in [5.41, 5.74) is 4.82. The fourth-order valence-electron chi connectivity index (χ4n) is 3.67. The molecule has 0 spiro atoms. The van der Waals surface area contributed by atoms with Crippen molar-refractivity contribution >= 4 is 5.97 Å². The van der Waals surface area contributed by atoms with Gasteiger partial charge in [0, 0.05) is 31.0 Å². The molecule has 0 bridgehead atoms. The zero-order chi connectivity index (χ0) is 20.1. The van der Waals surface area contributed by atoms with Gasteiger partial charge in [0.05, 0.1) is 6.54 Å². The molecule has 1 fully saturated rings. The second-order valence-corrected chi connectivity index (χ2v) is 7.90. The van der Waals surface area contributed by atoms with Crippen molar-refractivity contribution in [3.63, 3.8) is 0 Å². The lowest BCUT2D eigenvalue weighted by Gasteiger charge is -2.22. The zero-order valence-electron chi connectivity index (χ0n) is 17.0. The number of hydrogen-bond acceptors (Lipinski definition) is 3. The van der Waals surface area contributed by atoms with Crippen molar-refractivity contribution < 1.29 is 9.53 Å². The first-order chi connectivity index (χ1) is 14.2. The molecule has 4 nitrogen and oxygen atoms in total. The van der Waals surface area contributed by atoms with Crippen LogP contribution in [-0.2, 0) is 29.2 Å². The molecule has 0 radical (unpaired) electrons. The van der Waals surface area contributed by atoms with Gasteiger partial charge in [-0.25, -0.2) is 0 Å². The van der Waals surface area contributed by atoms with E-state index in [1.54, 1.807) is 0 Å². The molecule has 1 saturated carbocycles. The van der Waals surface area contributed by atoms with Gasteiger partial charge in [0.1, 0.15) is 6.61 Å². The van der Waals surface area contributed by atoms with Crippen molar-refractivity contribution in [3.05, 3.63) is 95.3 Å². The third kappa shape index (κ3) is 5.58. The number of aromatic nitrogens is 1. The minimum atomic E-state index is -0.155. The topological polar surface area (TPSA) is 34.5 Å². The van der Waals surface area contributed by atoms with E-state index in [0.717, 1.165) is 31.5 Å². The molecule has 0 N–H and O–H groups in total. The number of ether oxygens (including phenoxy) is 1. The molecule has 1 heterocycles. The van der Waals surface area contributed by atoms with Gasteiger partial charge in [-0.05, 0) is 43.0 Å². The molecule has 0 atom stereocenters. The van der Waals surface area contributed by atoms with Crippen molar-refractivity contribution in [2.24, 2.45) is 0 Å². The van der Waals surface area contributed by atoms with E-state index < -0.39 is 0 Å². The molecule has 3 aromatic rings. The molecule has 0 saturated heterocycles. The van der Waals surface area contributed by atoms with Crippen LogP contribution in [0.3, 0.4) is 0 Å². The Kier molecular flexibility index (Phi) is 6.11. The summed E-state index contributed by atoms with van der Waals surface area (Å²) in [7, 11) is 0. The second-order valence-electron chi connectivity index (χ2n) is 7.90. The predicted octanol–water partition coefficient (Wildman–Crippen LogP) is 4.55. The van der Waals surface area contributed by atoms with E-state index in [1.807, 2.05) is 30.3 Å². The highest BCUT2D eigenvalue weighted by molar-refractivity contribution is 5.71. The number of benzene rings is 2. The highest BCUT2D eigenvalue weighted by Crippen LogP contribution is 2.28. The summed E-state index contributed by atoms with van der Waals surface area (Å²) in [6.07, 6.45) is 4.44. The standard InChI is InChI=1S/C25H28N2O2/c1-20-7-5-10-22(15-20)16-26-14-6-11-24(26)17-27(23-12-13-23)18-25(28)29-19-21-8-3-2-4-9-21/h2-11,14-15,23H,12-13,16-19H2,1H3. The van der Waals surface area contributed by atoms with Crippen molar-refractivity contribution in [3.8, 4) is 0 Å². The second kappa shape index (κ2) is 9.10. The van der Waals surface area contributed by atoms with Crippen LogP contribution in [0.15, 0.2) is 72.9 Å². The summed E-state index contributed by atoms with van der Waals surface area (Å²) in [5.74, 6) is -0.155. The largest absolute Gasteiger partial charge is 0.460 e. The summed E-state index contributed by atoms with van der Waals surface area (Å²) in [6, 6.07) is 23.2. The smallest absolute Gasteiger partial charge is 0.320 e. The van der Waals surface area contributed by atoms with Crippen LogP contribution in [0.5, 0.6) is 0 Å². The number of aryl methyl sites for hydroxylation is 1. The van der Waals surface area contributed by atoms with E-state index in [9.17, 15) is 4.79 Å². The lowest BCUT2D eigenvalue weighted by atomic mass is 10.1. The van der Waals surface area contributed by atoms with Gasteiger partial charge in [-0.15, -0.1) is 0 Å². The van der Waals surface area contributed by atoms with Gasteiger partial charge >= 0.3 is 5.97 Å². The van der Waals surface area contributed by atoms with Gasteiger partial charge in [0.2, 0.25) is 0 Å². The molecule has 150 valence electrons. The minimum Gasteiger partial charge on any atom is -0.460 e. The van der Waals surface area contributed by atoms with Crippen molar-refractivity contribution in [2.75, 3.05) is 6.54 Å². The molecule has 29 heavy (non-hydrogen) atoms. The lowest BCUT2D eigenvalue weighted by molar-refractivity contribution is -0.146. The first-order valence-corrected chi connectivity index (χ1v) is 10.3. The molecule has 4 heteroatoms. The number of nitrogens with zero attached hydrogens (tertiary/aromatic N) is 2. The summed E-state index contributed by atoms with van der Waals surface area (Å²) in [5, 5.41) is 0. The SMILES string of the molecule is Cc1cccc(Cn2cccc2CN(CC(=O)OCc2ccccc2)C2CC2)c1. The van der Waals surface area contributed by atoms with E-state index in [4.69, 9.17) is 4.74 Å². The molecule has 4 rings (SSSR count). The normalized spacial score (nSPS) is 13.6. The van der Waals surface area contributed by atoms with Crippen LogP contribution in [0.4, 0.5) is 0 Å². The third-order valence-electron chi connectivity index (χ3n) is 5.36. The van der Waals surface area contributed by atoms with Crippen LogP contribution in [0.25, 0.3) is 0 Å². The number of carbonyl (C=O) groups excluding carboxylic acids is 1. The predicted molar refractivity (Wildman–Crippen MR) is 114 cm³/mol. The van der Waals surface area contributed by atoms with Crippen LogP contribution < -0.4 is 0 Å². The summed E-state index contributed by atoms with van der Waals surface area (Å²) < 4.78 is 7.78. The Balaban J connectivity index is 1.36. The number of hydrogen-bond donors (Lipinski definition) is 0. The maximum atomic E-state index is 12.4. The van der Waals surface area contributed by atoms with E-state index in [1.165, 1.54) is 16.8 Å². The quantitative estimate of drug-likeness (QED) is 0.504. The van der Waals surface area contributed by atoms with Gasteiger partial charge in [-0.1, -0.05) is 60.2 Å². The third-order valence-corrected chi connectivity index (χ3v) is 5.36. The van der Waals surface area contributed by atoms with Gasteiger partial charge < -0.3 is 9.30 Å². The molecule has 1 aliphatic carbocycles. The molecule has 0 amide bonds. The fourth-order valence-corrected chi connectivity index (χ4v) is 3.67. The molecular weight excluding hydrogens is 360 g/mol. The first-order valence-electron chi connectivity index (χ1n) is 10.3. The Bertz CT molecular complexity index is 944. The van der Waals surface area contributed by atoms with Crippen LogP contribution in [0.2, 0.25) is 0 Å². The van der Waals surface area contributed by atoms with Crippen LogP contribution in [0, 0.1) is 6.92 Å². The molecule has 1 aliphatic rings. The Morgan fingerprint density at radius 2 is 1.83 bits per heavy atom. The van der Waals surface area contributed by atoms with Gasteiger partial charge in [0.25, 0.3) is 0 Å².